The van der Waals surface area contributed by atoms with Crippen LogP contribution in [0, 0.1) is 92.2 Å². The summed E-state index contributed by atoms with van der Waals surface area (Å²) in [6, 6.07) is 15.1. The summed E-state index contributed by atoms with van der Waals surface area (Å²) in [7, 11) is 0. The summed E-state index contributed by atoms with van der Waals surface area (Å²) in [6.07, 6.45) is 1.90. The molecule has 14 nitrogen and oxygen atoms in total. The van der Waals surface area contributed by atoms with Crippen molar-refractivity contribution < 1.29 is 99.9 Å². The molecule has 28 heteroatoms. The fourth-order valence-electron chi connectivity index (χ4n) is 8.08. The number of nitriles is 3. The fourth-order valence-corrected chi connectivity index (χ4v) is 9.06. The Morgan fingerprint density at radius 3 is 1.73 bits per heavy atom. The molecule has 2 aliphatic rings. The van der Waals surface area contributed by atoms with Crippen LogP contribution in [0.15, 0.2) is 89.2 Å². The van der Waals surface area contributed by atoms with Crippen molar-refractivity contribution in [3.8, 4) is 29.7 Å². The van der Waals surface area contributed by atoms with Gasteiger partial charge in [-0.3, -0.25) is 19.3 Å². The van der Waals surface area contributed by atoms with Crippen LogP contribution in [0.2, 0.25) is 0 Å². The number of thiophene rings is 1. The lowest BCUT2D eigenvalue weighted by Crippen LogP contribution is -2.43. The summed E-state index contributed by atoms with van der Waals surface area (Å²) in [4.78, 5) is 53.4. The summed E-state index contributed by atoms with van der Waals surface area (Å²) >= 11 is 1.01. The predicted molar refractivity (Wildman–Crippen MR) is 271 cm³/mol. The highest BCUT2D eigenvalue weighted by Crippen LogP contribution is 2.50. The molecular weight excluding hydrogens is 1180 g/mol. The molecular formula is C57H36F13N5O9S. The molecule has 1 unspecified atom stereocenters. The summed E-state index contributed by atoms with van der Waals surface area (Å²) in [5, 5.41) is 28.7. The van der Waals surface area contributed by atoms with E-state index in [-0.39, 0.29) is 31.0 Å². The Kier molecular flexibility index (Phi) is 19.3. The average Bonchev–Trinajstić information content (AvgIpc) is 2.70. The van der Waals surface area contributed by atoms with Crippen LogP contribution in [-0.2, 0) is 48.4 Å². The van der Waals surface area contributed by atoms with E-state index in [4.69, 9.17) is 23.7 Å². The molecule has 440 valence electrons. The van der Waals surface area contributed by atoms with Gasteiger partial charge >= 0.3 is 18.1 Å². The number of anilines is 1. The van der Waals surface area contributed by atoms with E-state index in [9.17, 15) is 92.0 Å². The number of ether oxygens (including phenoxy) is 5. The van der Waals surface area contributed by atoms with E-state index < -0.39 is 164 Å². The highest BCUT2D eigenvalue weighted by Gasteiger charge is 2.60. The largest absolute Gasteiger partial charge is 0.489 e. The Bertz CT molecular complexity index is 3650. The standard InChI is InChI=1S/C57H36F13N5O9S/c1-3-74(16-17-80-55(79)29-18-33(81-26-37-44(58)48(62)52(66)49(63)45(37)59)21-34(19-29)82-27-38-46(60)50(64)53(67)51(65)47(38)61)32-7-4-28(5-8-32)6-11-40-30(25-83-43(78)14-15-75-41(76)12-13-42(75)77)20-35(85-40)9-10-39-36(24-73)54(31(22-71)23-72)84-56(39,2)57(68,69)70/h4-13,18-21H,3,14-17,25-27H2,1-2H3/b10-9+,11-6+. The summed E-state index contributed by atoms with van der Waals surface area (Å²) in [5.74, 6) is -28.6. The van der Waals surface area contributed by atoms with Crippen LogP contribution in [-0.4, -0.2) is 66.7 Å². The van der Waals surface area contributed by atoms with Crippen LogP contribution in [0.3, 0.4) is 0 Å². The number of alkyl halides is 3. The molecule has 0 saturated heterocycles. The molecule has 0 fully saturated rings. The van der Waals surface area contributed by atoms with Crippen molar-refractivity contribution in [2.24, 2.45) is 0 Å². The van der Waals surface area contributed by atoms with Crippen LogP contribution < -0.4 is 14.4 Å². The number of hydrogen-bond donors (Lipinski definition) is 0. The normalized spacial score (nSPS) is 14.9. The van der Waals surface area contributed by atoms with Crippen molar-refractivity contribution in [2.75, 3.05) is 31.1 Å². The molecule has 5 aromatic rings. The molecule has 2 amide bonds. The third-order valence-electron chi connectivity index (χ3n) is 12.7. The minimum absolute atomic E-state index is 0.0109. The average molecular weight is 1210 g/mol. The van der Waals surface area contributed by atoms with E-state index in [1.165, 1.54) is 24.3 Å². The number of imide groups is 1. The van der Waals surface area contributed by atoms with E-state index in [0.29, 0.717) is 35.2 Å². The molecule has 0 bridgehead atoms. The number of carbonyl (C=O) groups is 4. The van der Waals surface area contributed by atoms with Gasteiger partial charge in [-0.15, -0.1) is 11.3 Å². The molecule has 0 radical (unpaired) electrons. The zero-order valence-electron chi connectivity index (χ0n) is 43.5. The molecule has 85 heavy (non-hydrogen) atoms. The van der Waals surface area contributed by atoms with Crippen molar-refractivity contribution in [2.45, 2.75) is 51.9 Å². The number of halogens is 13. The quantitative estimate of drug-likeness (QED) is 0.0168. The molecule has 1 atom stereocenters. The van der Waals surface area contributed by atoms with Crippen molar-refractivity contribution in [3.05, 3.63) is 185 Å². The van der Waals surface area contributed by atoms with E-state index in [1.807, 2.05) is 0 Å². The minimum Gasteiger partial charge on any atom is -0.489 e. The number of rotatable bonds is 21. The highest BCUT2D eigenvalue weighted by molar-refractivity contribution is 7.14. The van der Waals surface area contributed by atoms with Crippen molar-refractivity contribution in [1.29, 1.82) is 15.8 Å². The third-order valence-corrected chi connectivity index (χ3v) is 13.8. The highest BCUT2D eigenvalue weighted by atomic mass is 32.1. The summed E-state index contributed by atoms with van der Waals surface area (Å²) < 4.78 is 211. The van der Waals surface area contributed by atoms with Gasteiger partial charge in [-0.2, -0.15) is 29.0 Å². The van der Waals surface area contributed by atoms with Crippen molar-refractivity contribution in [1.82, 2.24) is 4.90 Å². The van der Waals surface area contributed by atoms with Gasteiger partial charge < -0.3 is 28.6 Å². The van der Waals surface area contributed by atoms with E-state index in [0.717, 1.165) is 52.7 Å². The van der Waals surface area contributed by atoms with Gasteiger partial charge in [-0.05, 0) is 61.9 Å². The Morgan fingerprint density at radius 1 is 0.706 bits per heavy atom. The van der Waals surface area contributed by atoms with E-state index in [1.54, 1.807) is 54.3 Å². The lowest BCUT2D eigenvalue weighted by molar-refractivity contribution is -0.236. The Labute approximate surface area is 475 Å². The number of carbonyl (C=O) groups excluding carboxylic acids is 4. The second kappa shape index (κ2) is 26.1. The first-order valence-electron chi connectivity index (χ1n) is 24.3. The van der Waals surface area contributed by atoms with Crippen LogP contribution in [0.1, 0.15) is 62.6 Å². The number of esters is 2. The molecule has 4 aromatic carbocycles. The SMILES string of the molecule is CCN(CCOC(=O)c1cc(OCc2c(F)c(F)c(F)c(F)c2F)cc(OCc2c(F)c(F)c(F)c(F)c2F)c1)c1ccc(/C=C/c2sc(/C=C/C3=C(C#N)C(=C(C#N)C#N)OC3(C)C(F)(F)F)cc2COC(=O)CCN2C(=O)C=CC2=O)cc1. The molecule has 0 aliphatic carbocycles. The van der Waals surface area contributed by atoms with Gasteiger partial charge in [0, 0.05) is 57.9 Å². The molecule has 7 rings (SSSR count). The van der Waals surface area contributed by atoms with E-state index in [2.05, 4.69) is 0 Å². The molecule has 0 saturated carbocycles. The second-order valence-corrected chi connectivity index (χ2v) is 19.0. The number of amides is 2. The third kappa shape index (κ3) is 13.5. The van der Waals surface area contributed by atoms with Gasteiger partial charge in [0.05, 0.1) is 29.7 Å². The van der Waals surface area contributed by atoms with Gasteiger partial charge in [-0.25, -0.2) is 48.7 Å². The summed E-state index contributed by atoms with van der Waals surface area (Å²) in [5.41, 5.74) is -7.42. The lowest BCUT2D eigenvalue weighted by Gasteiger charge is -2.28. The van der Waals surface area contributed by atoms with Crippen molar-refractivity contribution >= 4 is 59.0 Å². The number of allylic oxidation sites excluding steroid dienone is 2. The minimum atomic E-state index is -5.15. The van der Waals surface area contributed by atoms with Gasteiger partial charge in [0.25, 0.3) is 11.8 Å². The topological polar surface area (TPSA) is 192 Å². The molecule has 0 N–H and O–H groups in total. The molecule has 0 spiro atoms. The fraction of sp³-hybridized carbons (Fsp3) is 0.211. The number of likely N-dealkylation sites (N-methyl/N-ethyl adjacent to an activating group) is 1. The Hall–Kier alpha value is -9.88. The van der Waals surface area contributed by atoms with Gasteiger partial charge in [0.15, 0.2) is 57.9 Å². The first-order valence-corrected chi connectivity index (χ1v) is 25.2. The molecule has 1 aromatic heterocycles. The number of benzene rings is 4. The second-order valence-electron chi connectivity index (χ2n) is 17.9. The van der Waals surface area contributed by atoms with Crippen LogP contribution in [0.25, 0.3) is 18.2 Å². The number of hydrogen-bond acceptors (Lipinski definition) is 14. The van der Waals surface area contributed by atoms with Crippen LogP contribution >= 0.6 is 11.3 Å². The van der Waals surface area contributed by atoms with E-state index >= 15 is 0 Å². The lowest BCUT2D eigenvalue weighted by atomic mass is 9.92. The number of nitrogens with zero attached hydrogens (tertiary/aromatic N) is 5. The van der Waals surface area contributed by atoms with Crippen molar-refractivity contribution in [3.63, 3.8) is 0 Å². The maximum Gasteiger partial charge on any atom is 0.432 e. The first kappa shape index (κ1) is 62.7. The monoisotopic (exact) mass is 1210 g/mol. The predicted octanol–water partition coefficient (Wildman–Crippen LogP) is 12.0. The Morgan fingerprint density at radius 2 is 1.24 bits per heavy atom. The molecule has 2 aliphatic heterocycles. The molecule has 3 heterocycles. The van der Waals surface area contributed by atoms with Crippen LogP contribution in [0.4, 0.5) is 62.8 Å². The first-order chi connectivity index (χ1) is 40.3. The van der Waals surface area contributed by atoms with Gasteiger partial charge in [0.1, 0.15) is 61.7 Å². The maximum atomic E-state index is 14.5. The Balaban J connectivity index is 1.08. The smallest absolute Gasteiger partial charge is 0.432 e. The zero-order valence-corrected chi connectivity index (χ0v) is 44.3. The van der Waals surface area contributed by atoms with Gasteiger partial charge in [0.2, 0.25) is 17.2 Å². The summed E-state index contributed by atoms with van der Waals surface area (Å²) in [6.45, 7) is -1.16. The maximum absolute atomic E-state index is 14.5. The zero-order chi connectivity index (χ0) is 62.2. The van der Waals surface area contributed by atoms with Gasteiger partial charge in [-0.1, -0.05) is 24.3 Å². The van der Waals surface area contributed by atoms with Crippen LogP contribution in [0.5, 0.6) is 11.5 Å².